The van der Waals surface area contributed by atoms with Crippen molar-refractivity contribution in [2.75, 3.05) is 0 Å². The molecule has 6 heteroatoms. The van der Waals surface area contributed by atoms with Gasteiger partial charge >= 0.3 is 0 Å². The number of rotatable bonds is 3. The highest BCUT2D eigenvalue weighted by Gasteiger charge is 2.54. The van der Waals surface area contributed by atoms with Crippen LogP contribution in [0.25, 0.3) is 17.1 Å². The van der Waals surface area contributed by atoms with Crippen LogP contribution in [0.15, 0.2) is 41.4 Å². The molecule has 23 heavy (non-hydrogen) atoms. The Bertz CT molecular complexity index is 834. The quantitative estimate of drug-likeness (QED) is 0.742. The van der Waals surface area contributed by atoms with Gasteiger partial charge in [0.1, 0.15) is 0 Å². The first-order valence-corrected chi connectivity index (χ1v) is 8.14. The fraction of sp³-hybridized carbons (Fsp3) is 0.412. The summed E-state index contributed by atoms with van der Waals surface area (Å²) in [4.78, 5) is 8.92. The topological polar surface area (TPSA) is 69.6 Å². The van der Waals surface area contributed by atoms with E-state index in [-0.39, 0.29) is 0 Å². The highest BCUT2D eigenvalue weighted by Crippen LogP contribution is 2.64. The average molecular weight is 307 g/mol. The Morgan fingerprint density at radius 2 is 2.17 bits per heavy atom. The maximum atomic E-state index is 5.64. The fourth-order valence-corrected chi connectivity index (χ4v) is 3.94. The van der Waals surface area contributed by atoms with Gasteiger partial charge in [0.25, 0.3) is 0 Å². The van der Waals surface area contributed by atoms with Crippen molar-refractivity contribution in [3.8, 4) is 17.1 Å². The Morgan fingerprint density at radius 3 is 3.00 bits per heavy atom. The number of aromatic nitrogens is 5. The van der Waals surface area contributed by atoms with Crippen LogP contribution in [0.5, 0.6) is 0 Å². The van der Waals surface area contributed by atoms with E-state index in [1.54, 1.807) is 23.3 Å². The third-order valence-electron chi connectivity index (χ3n) is 5.33. The molecule has 5 rings (SSSR count). The van der Waals surface area contributed by atoms with Crippen LogP contribution < -0.4 is 0 Å². The van der Waals surface area contributed by atoms with Gasteiger partial charge in [-0.15, -0.1) is 0 Å². The monoisotopic (exact) mass is 307 g/mol. The lowest BCUT2D eigenvalue weighted by atomic mass is 9.93. The lowest BCUT2D eigenvalue weighted by Crippen LogP contribution is -2.06. The number of hydrogen-bond donors (Lipinski definition) is 0. The predicted octanol–water partition coefficient (Wildman–Crippen LogP) is 3.37. The van der Waals surface area contributed by atoms with Gasteiger partial charge in [-0.2, -0.15) is 10.1 Å². The zero-order valence-electron chi connectivity index (χ0n) is 12.7. The van der Waals surface area contributed by atoms with E-state index in [4.69, 9.17) is 9.51 Å². The van der Waals surface area contributed by atoms with Crippen LogP contribution in [-0.2, 0) is 0 Å². The van der Waals surface area contributed by atoms with Gasteiger partial charge in [-0.25, -0.2) is 4.68 Å². The summed E-state index contributed by atoms with van der Waals surface area (Å²) in [6.45, 7) is 0. The molecular formula is C17H17N5O. The number of nitrogens with zero attached hydrogens (tertiary/aromatic N) is 5. The molecule has 1 atom stereocenters. The summed E-state index contributed by atoms with van der Waals surface area (Å²) in [6.07, 6.45) is 13.5. The molecule has 3 aromatic heterocycles. The minimum absolute atomic E-state index is 0.443. The molecule has 0 bridgehead atoms. The van der Waals surface area contributed by atoms with Crippen LogP contribution in [0, 0.1) is 5.41 Å². The SMILES string of the molecule is c1cnn(-c2cnccc2-c2noc(C3CCCC34CC4)n2)c1. The predicted molar refractivity (Wildman–Crippen MR) is 82.9 cm³/mol. The van der Waals surface area contributed by atoms with E-state index in [1.165, 1.54) is 32.1 Å². The van der Waals surface area contributed by atoms with Crippen molar-refractivity contribution in [2.45, 2.75) is 38.0 Å². The van der Waals surface area contributed by atoms with E-state index >= 15 is 0 Å². The zero-order chi connectivity index (χ0) is 15.3. The first-order chi connectivity index (χ1) is 11.4. The summed E-state index contributed by atoms with van der Waals surface area (Å²) >= 11 is 0. The number of hydrogen-bond acceptors (Lipinski definition) is 5. The third kappa shape index (κ3) is 2.01. The Kier molecular flexibility index (Phi) is 2.68. The van der Waals surface area contributed by atoms with Crippen molar-refractivity contribution < 1.29 is 4.52 Å². The molecule has 116 valence electrons. The van der Waals surface area contributed by atoms with Crippen LogP contribution in [0.1, 0.15) is 43.9 Å². The minimum atomic E-state index is 0.443. The summed E-state index contributed by atoms with van der Waals surface area (Å²) in [7, 11) is 0. The molecule has 0 saturated heterocycles. The van der Waals surface area contributed by atoms with E-state index in [0.717, 1.165) is 17.1 Å². The molecule has 2 saturated carbocycles. The van der Waals surface area contributed by atoms with Crippen LogP contribution >= 0.6 is 0 Å². The van der Waals surface area contributed by atoms with Crippen molar-refractivity contribution in [1.29, 1.82) is 0 Å². The third-order valence-corrected chi connectivity index (χ3v) is 5.33. The molecule has 0 N–H and O–H groups in total. The van der Waals surface area contributed by atoms with Gasteiger partial charge in [-0.05, 0) is 43.2 Å². The van der Waals surface area contributed by atoms with E-state index in [9.17, 15) is 0 Å². The lowest BCUT2D eigenvalue weighted by molar-refractivity contribution is 0.314. The van der Waals surface area contributed by atoms with E-state index in [1.807, 2.05) is 18.3 Å². The molecule has 2 fully saturated rings. The second-order valence-electron chi connectivity index (χ2n) is 6.61. The van der Waals surface area contributed by atoms with Crippen molar-refractivity contribution >= 4 is 0 Å². The molecule has 1 unspecified atom stereocenters. The van der Waals surface area contributed by atoms with Crippen molar-refractivity contribution in [2.24, 2.45) is 5.41 Å². The van der Waals surface area contributed by atoms with E-state index in [0.29, 0.717) is 17.2 Å². The molecule has 0 aliphatic heterocycles. The molecule has 2 aliphatic carbocycles. The van der Waals surface area contributed by atoms with Gasteiger partial charge in [0.2, 0.25) is 11.7 Å². The van der Waals surface area contributed by atoms with Crippen LogP contribution in [0.3, 0.4) is 0 Å². The van der Waals surface area contributed by atoms with Crippen molar-refractivity contribution in [1.82, 2.24) is 24.9 Å². The molecule has 6 nitrogen and oxygen atoms in total. The maximum Gasteiger partial charge on any atom is 0.230 e. The van der Waals surface area contributed by atoms with Crippen molar-refractivity contribution in [3.63, 3.8) is 0 Å². The van der Waals surface area contributed by atoms with Crippen molar-refractivity contribution in [3.05, 3.63) is 42.8 Å². The summed E-state index contributed by atoms with van der Waals surface area (Å²) in [5.41, 5.74) is 2.21. The number of pyridine rings is 1. The highest BCUT2D eigenvalue weighted by molar-refractivity contribution is 5.65. The Morgan fingerprint density at radius 1 is 1.22 bits per heavy atom. The Labute approximate surface area is 133 Å². The van der Waals surface area contributed by atoms with Gasteiger partial charge in [0.05, 0.1) is 17.4 Å². The smallest absolute Gasteiger partial charge is 0.230 e. The molecule has 1 spiro atoms. The van der Waals surface area contributed by atoms with Crippen LogP contribution in [-0.4, -0.2) is 24.9 Å². The Hall–Kier alpha value is -2.50. The first-order valence-electron chi connectivity index (χ1n) is 8.14. The highest BCUT2D eigenvalue weighted by atomic mass is 16.5. The molecule has 0 aromatic carbocycles. The van der Waals surface area contributed by atoms with Crippen LogP contribution in [0.4, 0.5) is 0 Å². The molecule has 3 heterocycles. The van der Waals surface area contributed by atoms with Gasteiger partial charge in [-0.3, -0.25) is 4.98 Å². The molecule has 0 amide bonds. The lowest BCUT2D eigenvalue weighted by Gasteiger charge is -2.12. The normalized spacial score (nSPS) is 21.8. The zero-order valence-corrected chi connectivity index (χ0v) is 12.7. The summed E-state index contributed by atoms with van der Waals surface area (Å²) in [6, 6.07) is 3.79. The van der Waals surface area contributed by atoms with E-state index in [2.05, 4.69) is 15.2 Å². The summed E-state index contributed by atoms with van der Waals surface area (Å²) < 4.78 is 7.41. The Balaban J connectivity index is 1.54. The molecule has 2 aliphatic rings. The molecule has 0 radical (unpaired) electrons. The van der Waals surface area contributed by atoms with Crippen LogP contribution in [0.2, 0.25) is 0 Å². The standard InChI is InChI=1S/C17H17N5O/c1-3-13(17(5-1)6-7-17)16-20-15(21-23-16)12-4-9-18-11-14(12)22-10-2-8-19-22/h2,4,8-11,13H,1,3,5-7H2. The van der Waals surface area contributed by atoms with Gasteiger partial charge in [-0.1, -0.05) is 11.6 Å². The molecule has 3 aromatic rings. The van der Waals surface area contributed by atoms with E-state index < -0.39 is 0 Å². The van der Waals surface area contributed by atoms with Gasteiger partial charge in [0, 0.05) is 24.5 Å². The van der Waals surface area contributed by atoms with Gasteiger partial charge < -0.3 is 4.52 Å². The fourth-order valence-electron chi connectivity index (χ4n) is 3.94. The minimum Gasteiger partial charge on any atom is -0.339 e. The summed E-state index contributed by atoms with van der Waals surface area (Å²) in [5.74, 6) is 1.87. The average Bonchev–Trinajstić information content (AvgIpc) is 3.02. The second-order valence-corrected chi connectivity index (χ2v) is 6.61. The first kappa shape index (κ1) is 13.0. The summed E-state index contributed by atoms with van der Waals surface area (Å²) in [5, 5.41) is 8.52. The second kappa shape index (κ2) is 4.75. The van der Waals surface area contributed by atoms with Gasteiger partial charge in [0.15, 0.2) is 0 Å². The molecular weight excluding hydrogens is 290 g/mol. The largest absolute Gasteiger partial charge is 0.339 e. The maximum absolute atomic E-state index is 5.64.